The molecule has 5 nitrogen and oxygen atoms in total. The first-order valence-electron chi connectivity index (χ1n) is 10.7. The minimum Gasteiger partial charge on any atom is -0.379 e. The van der Waals surface area contributed by atoms with Gasteiger partial charge in [0.2, 0.25) is 0 Å². The Morgan fingerprint density at radius 1 is 0.731 bits per heavy atom. The first-order valence-corrected chi connectivity index (χ1v) is 10.7. The van der Waals surface area contributed by atoms with E-state index in [9.17, 15) is 0 Å². The quantitative estimate of drug-likeness (QED) is 0.503. The predicted octanol–water partition coefficient (Wildman–Crippen LogP) is 4.37. The molecule has 0 amide bonds. The molecule has 0 bridgehead atoms. The summed E-state index contributed by atoms with van der Waals surface area (Å²) in [5, 5.41) is 0. The standard InChI is InChI=1S/C21H42O5/c1-3-4-5-6-7-8-9-10-12-24-19-21(2)20-25-14-11-13-22-15-16-23-17-18-26-21/h3-20H2,1-2H3. The summed E-state index contributed by atoms with van der Waals surface area (Å²) in [4.78, 5) is 0. The summed E-state index contributed by atoms with van der Waals surface area (Å²) in [6.45, 7) is 10.1. The van der Waals surface area contributed by atoms with Gasteiger partial charge in [-0.2, -0.15) is 0 Å². The average Bonchev–Trinajstić information content (AvgIpc) is 2.66. The third-order valence-electron chi connectivity index (χ3n) is 4.58. The molecule has 1 fully saturated rings. The van der Waals surface area contributed by atoms with Crippen LogP contribution in [0.3, 0.4) is 0 Å². The van der Waals surface area contributed by atoms with Gasteiger partial charge in [0, 0.05) is 19.8 Å². The molecule has 0 N–H and O–H groups in total. The van der Waals surface area contributed by atoms with Crippen LogP contribution >= 0.6 is 0 Å². The molecule has 1 aliphatic heterocycles. The predicted molar refractivity (Wildman–Crippen MR) is 105 cm³/mol. The van der Waals surface area contributed by atoms with E-state index in [0.29, 0.717) is 46.2 Å². The molecule has 1 aliphatic rings. The third kappa shape index (κ3) is 13.9. The van der Waals surface area contributed by atoms with Crippen LogP contribution < -0.4 is 0 Å². The van der Waals surface area contributed by atoms with Crippen molar-refractivity contribution >= 4 is 0 Å². The van der Waals surface area contributed by atoms with Gasteiger partial charge in [0.15, 0.2) is 0 Å². The molecule has 0 spiro atoms. The van der Waals surface area contributed by atoms with Crippen LogP contribution in [0, 0.1) is 0 Å². The fourth-order valence-electron chi connectivity index (χ4n) is 2.97. The van der Waals surface area contributed by atoms with Gasteiger partial charge in [0.25, 0.3) is 0 Å². The maximum Gasteiger partial charge on any atom is 0.112 e. The number of hydrogen-bond donors (Lipinski definition) is 0. The molecule has 0 aromatic carbocycles. The summed E-state index contributed by atoms with van der Waals surface area (Å²) in [6.07, 6.45) is 11.4. The van der Waals surface area contributed by atoms with E-state index in [1.165, 1.54) is 44.9 Å². The molecule has 0 aromatic rings. The third-order valence-corrected chi connectivity index (χ3v) is 4.58. The van der Waals surface area contributed by atoms with Crippen LogP contribution in [0.5, 0.6) is 0 Å². The molecular weight excluding hydrogens is 332 g/mol. The van der Waals surface area contributed by atoms with Crippen molar-refractivity contribution in [2.45, 2.75) is 77.2 Å². The smallest absolute Gasteiger partial charge is 0.112 e. The van der Waals surface area contributed by atoms with E-state index in [1.54, 1.807) is 0 Å². The maximum atomic E-state index is 6.01. The second-order valence-corrected chi connectivity index (χ2v) is 7.46. The molecule has 0 aromatic heterocycles. The van der Waals surface area contributed by atoms with Crippen molar-refractivity contribution in [3.8, 4) is 0 Å². The van der Waals surface area contributed by atoms with E-state index in [4.69, 9.17) is 23.7 Å². The Morgan fingerprint density at radius 2 is 1.35 bits per heavy atom. The normalized spacial score (nSPS) is 23.8. The van der Waals surface area contributed by atoms with Gasteiger partial charge in [-0.1, -0.05) is 51.9 Å². The Bertz CT molecular complexity index is 284. The topological polar surface area (TPSA) is 46.2 Å². The van der Waals surface area contributed by atoms with Gasteiger partial charge in [-0.05, 0) is 19.8 Å². The van der Waals surface area contributed by atoms with Crippen LogP contribution in [0.4, 0.5) is 0 Å². The lowest BCUT2D eigenvalue weighted by Gasteiger charge is -2.29. The molecule has 156 valence electrons. The SMILES string of the molecule is CCCCCCCCCCOCC1(C)COCCCOCCOCCO1. The van der Waals surface area contributed by atoms with E-state index in [2.05, 4.69) is 13.8 Å². The summed E-state index contributed by atoms with van der Waals surface area (Å²) in [7, 11) is 0. The lowest BCUT2D eigenvalue weighted by molar-refractivity contribution is -0.134. The number of ether oxygens (including phenoxy) is 5. The Hall–Kier alpha value is -0.200. The van der Waals surface area contributed by atoms with Gasteiger partial charge < -0.3 is 23.7 Å². The van der Waals surface area contributed by atoms with Crippen molar-refractivity contribution in [1.29, 1.82) is 0 Å². The molecule has 26 heavy (non-hydrogen) atoms. The monoisotopic (exact) mass is 374 g/mol. The van der Waals surface area contributed by atoms with E-state index in [1.807, 2.05) is 0 Å². The summed E-state index contributed by atoms with van der Waals surface area (Å²) < 4.78 is 28.7. The molecule has 5 heteroatoms. The van der Waals surface area contributed by atoms with E-state index >= 15 is 0 Å². The highest BCUT2D eigenvalue weighted by Crippen LogP contribution is 2.14. The Labute approximate surface area is 161 Å². The Balaban J connectivity index is 2.11. The minimum absolute atomic E-state index is 0.404. The maximum absolute atomic E-state index is 6.01. The molecule has 0 radical (unpaired) electrons. The zero-order valence-electron chi connectivity index (χ0n) is 17.3. The summed E-state index contributed by atoms with van der Waals surface area (Å²) in [6, 6.07) is 0. The largest absolute Gasteiger partial charge is 0.379 e. The van der Waals surface area contributed by atoms with E-state index in [-0.39, 0.29) is 0 Å². The molecular formula is C21H42O5. The van der Waals surface area contributed by atoms with Crippen LogP contribution in [-0.4, -0.2) is 65.1 Å². The van der Waals surface area contributed by atoms with Crippen molar-refractivity contribution < 1.29 is 23.7 Å². The Morgan fingerprint density at radius 3 is 2.12 bits per heavy atom. The minimum atomic E-state index is -0.404. The Kier molecular flexibility index (Phi) is 15.5. The van der Waals surface area contributed by atoms with Gasteiger partial charge in [0.1, 0.15) is 5.60 Å². The highest BCUT2D eigenvalue weighted by Gasteiger charge is 2.26. The van der Waals surface area contributed by atoms with Crippen molar-refractivity contribution in [3.63, 3.8) is 0 Å². The van der Waals surface area contributed by atoms with Crippen LogP contribution in [0.2, 0.25) is 0 Å². The first kappa shape index (κ1) is 23.8. The molecule has 1 atom stereocenters. The number of unbranched alkanes of at least 4 members (excludes halogenated alkanes) is 7. The summed E-state index contributed by atoms with van der Waals surface area (Å²) in [5.41, 5.74) is -0.404. The fraction of sp³-hybridized carbons (Fsp3) is 1.00. The first-order chi connectivity index (χ1) is 12.8. The van der Waals surface area contributed by atoms with Crippen LogP contribution in [0.1, 0.15) is 71.6 Å². The molecule has 1 saturated heterocycles. The fourth-order valence-corrected chi connectivity index (χ4v) is 2.97. The second kappa shape index (κ2) is 16.9. The molecule has 0 aliphatic carbocycles. The zero-order chi connectivity index (χ0) is 18.8. The summed E-state index contributed by atoms with van der Waals surface area (Å²) >= 11 is 0. The molecule has 1 heterocycles. The van der Waals surface area contributed by atoms with E-state index in [0.717, 1.165) is 26.1 Å². The summed E-state index contributed by atoms with van der Waals surface area (Å²) in [5.74, 6) is 0. The van der Waals surface area contributed by atoms with Gasteiger partial charge in [0.05, 0.1) is 39.6 Å². The van der Waals surface area contributed by atoms with E-state index < -0.39 is 5.60 Å². The van der Waals surface area contributed by atoms with Crippen molar-refractivity contribution in [1.82, 2.24) is 0 Å². The highest BCUT2D eigenvalue weighted by atomic mass is 16.6. The van der Waals surface area contributed by atoms with Crippen LogP contribution in [0.15, 0.2) is 0 Å². The molecule has 1 unspecified atom stereocenters. The van der Waals surface area contributed by atoms with Gasteiger partial charge in [-0.25, -0.2) is 0 Å². The van der Waals surface area contributed by atoms with Gasteiger partial charge >= 0.3 is 0 Å². The van der Waals surface area contributed by atoms with Crippen molar-refractivity contribution in [2.75, 3.05) is 59.5 Å². The van der Waals surface area contributed by atoms with Crippen LogP contribution in [-0.2, 0) is 23.7 Å². The van der Waals surface area contributed by atoms with Crippen molar-refractivity contribution in [2.24, 2.45) is 0 Å². The van der Waals surface area contributed by atoms with Crippen LogP contribution in [0.25, 0.3) is 0 Å². The molecule has 1 rings (SSSR count). The highest BCUT2D eigenvalue weighted by molar-refractivity contribution is 4.74. The van der Waals surface area contributed by atoms with Crippen molar-refractivity contribution in [3.05, 3.63) is 0 Å². The lowest BCUT2D eigenvalue weighted by atomic mass is 10.1. The lowest BCUT2D eigenvalue weighted by Crippen LogP contribution is -2.40. The number of rotatable bonds is 11. The zero-order valence-corrected chi connectivity index (χ0v) is 17.3. The molecule has 0 saturated carbocycles. The average molecular weight is 375 g/mol. The second-order valence-electron chi connectivity index (χ2n) is 7.46. The van der Waals surface area contributed by atoms with Gasteiger partial charge in [-0.3, -0.25) is 0 Å². The number of hydrogen-bond acceptors (Lipinski definition) is 5. The van der Waals surface area contributed by atoms with Gasteiger partial charge in [-0.15, -0.1) is 0 Å².